The molecule has 96 valence electrons. The third kappa shape index (κ3) is 8.72. The van der Waals surface area contributed by atoms with Gasteiger partial charge in [-0.15, -0.1) is 0 Å². The second-order valence-electron chi connectivity index (χ2n) is 4.25. The zero-order valence-electron chi connectivity index (χ0n) is 10.7. The SMILES string of the molecule is CCCCCCCCC(OCCC)C(=O)O. The van der Waals surface area contributed by atoms with Gasteiger partial charge in [0.25, 0.3) is 0 Å². The minimum absolute atomic E-state index is 0.548. The molecule has 0 saturated carbocycles. The molecule has 1 unspecified atom stereocenters. The van der Waals surface area contributed by atoms with Crippen molar-refractivity contribution in [1.82, 2.24) is 0 Å². The molecular formula is C13H26O3. The Bertz CT molecular complexity index is 169. The van der Waals surface area contributed by atoms with Crippen molar-refractivity contribution in [2.24, 2.45) is 0 Å². The fourth-order valence-electron chi connectivity index (χ4n) is 1.65. The van der Waals surface area contributed by atoms with E-state index in [2.05, 4.69) is 6.92 Å². The molecule has 0 amide bonds. The van der Waals surface area contributed by atoms with Crippen LogP contribution in [-0.4, -0.2) is 23.8 Å². The van der Waals surface area contributed by atoms with E-state index in [9.17, 15) is 4.79 Å². The molecule has 3 nitrogen and oxygen atoms in total. The number of ether oxygens (including phenoxy) is 1. The van der Waals surface area contributed by atoms with Gasteiger partial charge in [-0.05, 0) is 12.8 Å². The van der Waals surface area contributed by atoms with Crippen LogP contribution in [0.25, 0.3) is 0 Å². The van der Waals surface area contributed by atoms with E-state index in [1.54, 1.807) is 0 Å². The van der Waals surface area contributed by atoms with Gasteiger partial charge < -0.3 is 9.84 Å². The van der Waals surface area contributed by atoms with Gasteiger partial charge in [-0.3, -0.25) is 0 Å². The van der Waals surface area contributed by atoms with Crippen molar-refractivity contribution in [3.8, 4) is 0 Å². The lowest BCUT2D eigenvalue weighted by Gasteiger charge is -2.12. The topological polar surface area (TPSA) is 46.5 Å². The average Bonchev–Trinajstić information content (AvgIpc) is 2.26. The molecule has 0 aliphatic heterocycles. The summed E-state index contributed by atoms with van der Waals surface area (Å²) in [5.41, 5.74) is 0. The zero-order chi connectivity index (χ0) is 12.2. The zero-order valence-corrected chi connectivity index (χ0v) is 10.7. The van der Waals surface area contributed by atoms with Crippen molar-refractivity contribution in [3.05, 3.63) is 0 Å². The van der Waals surface area contributed by atoms with Gasteiger partial charge in [0.2, 0.25) is 0 Å². The van der Waals surface area contributed by atoms with Crippen molar-refractivity contribution >= 4 is 5.97 Å². The highest BCUT2D eigenvalue weighted by molar-refractivity contribution is 5.72. The molecule has 0 spiro atoms. The van der Waals surface area contributed by atoms with Crippen molar-refractivity contribution < 1.29 is 14.6 Å². The van der Waals surface area contributed by atoms with Crippen LogP contribution in [0.3, 0.4) is 0 Å². The summed E-state index contributed by atoms with van der Waals surface area (Å²) in [4.78, 5) is 10.8. The molecule has 3 heteroatoms. The molecule has 0 aromatic rings. The van der Waals surface area contributed by atoms with Crippen LogP contribution in [0.4, 0.5) is 0 Å². The standard InChI is InChI=1S/C13H26O3/c1-3-5-6-7-8-9-10-12(13(14)15)16-11-4-2/h12H,3-11H2,1-2H3,(H,14,15). The summed E-state index contributed by atoms with van der Waals surface area (Å²) < 4.78 is 5.28. The number of carbonyl (C=O) groups is 1. The summed E-state index contributed by atoms with van der Waals surface area (Å²) in [6, 6.07) is 0. The molecule has 0 aromatic carbocycles. The second kappa shape index (κ2) is 10.9. The van der Waals surface area contributed by atoms with Crippen LogP contribution in [0.1, 0.15) is 65.2 Å². The Morgan fingerprint density at radius 3 is 2.25 bits per heavy atom. The van der Waals surface area contributed by atoms with E-state index in [-0.39, 0.29) is 0 Å². The highest BCUT2D eigenvalue weighted by Gasteiger charge is 2.16. The summed E-state index contributed by atoms with van der Waals surface area (Å²) in [6.45, 7) is 4.73. The third-order valence-corrected chi connectivity index (χ3v) is 2.62. The lowest BCUT2D eigenvalue weighted by Crippen LogP contribution is -2.24. The predicted molar refractivity (Wildman–Crippen MR) is 65.7 cm³/mol. The van der Waals surface area contributed by atoms with Gasteiger partial charge in [-0.25, -0.2) is 4.79 Å². The number of hydrogen-bond acceptors (Lipinski definition) is 2. The maximum Gasteiger partial charge on any atom is 0.332 e. The van der Waals surface area contributed by atoms with Crippen LogP contribution in [0.15, 0.2) is 0 Å². The Morgan fingerprint density at radius 2 is 1.69 bits per heavy atom. The largest absolute Gasteiger partial charge is 0.479 e. The minimum Gasteiger partial charge on any atom is -0.479 e. The van der Waals surface area contributed by atoms with Crippen molar-refractivity contribution in [2.75, 3.05) is 6.61 Å². The Hall–Kier alpha value is -0.570. The van der Waals surface area contributed by atoms with Crippen LogP contribution < -0.4 is 0 Å². The highest BCUT2D eigenvalue weighted by Crippen LogP contribution is 2.10. The first-order valence-corrected chi connectivity index (χ1v) is 6.56. The number of rotatable bonds is 11. The van der Waals surface area contributed by atoms with Crippen LogP contribution in [0.5, 0.6) is 0 Å². The lowest BCUT2D eigenvalue weighted by molar-refractivity contribution is -0.150. The molecule has 0 fully saturated rings. The Morgan fingerprint density at radius 1 is 1.06 bits per heavy atom. The Kier molecular flexibility index (Phi) is 10.5. The highest BCUT2D eigenvalue weighted by atomic mass is 16.5. The van der Waals surface area contributed by atoms with Crippen LogP contribution in [0.2, 0.25) is 0 Å². The monoisotopic (exact) mass is 230 g/mol. The molecule has 0 aliphatic rings. The molecule has 0 radical (unpaired) electrons. The van der Waals surface area contributed by atoms with Crippen molar-refractivity contribution in [3.63, 3.8) is 0 Å². The smallest absolute Gasteiger partial charge is 0.332 e. The number of carboxylic acid groups (broad SMARTS) is 1. The summed E-state index contributed by atoms with van der Waals surface area (Å²) in [5, 5.41) is 8.92. The Balaban J connectivity index is 3.48. The first-order valence-electron chi connectivity index (χ1n) is 6.56. The Labute approximate surface area is 99.2 Å². The van der Waals surface area contributed by atoms with Crippen LogP contribution >= 0.6 is 0 Å². The van der Waals surface area contributed by atoms with Crippen LogP contribution in [-0.2, 0) is 9.53 Å². The van der Waals surface area contributed by atoms with Gasteiger partial charge in [0.15, 0.2) is 6.10 Å². The molecule has 0 heterocycles. The molecular weight excluding hydrogens is 204 g/mol. The minimum atomic E-state index is -0.818. The molecule has 1 atom stereocenters. The van der Waals surface area contributed by atoms with Crippen LogP contribution in [0, 0.1) is 0 Å². The van der Waals surface area contributed by atoms with E-state index in [0.717, 1.165) is 19.3 Å². The van der Waals surface area contributed by atoms with Crippen molar-refractivity contribution in [1.29, 1.82) is 0 Å². The van der Waals surface area contributed by atoms with E-state index < -0.39 is 12.1 Å². The number of carboxylic acids is 1. The maximum atomic E-state index is 10.8. The molecule has 1 N–H and O–H groups in total. The van der Waals surface area contributed by atoms with Gasteiger partial charge in [0, 0.05) is 6.61 Å². The molecule has 0 bridgehead atoms. The third-order valence-electron chi connectivity index (χ3n) is 2.62. The van der Waals surface area contributed by atoms with Gasteiger partial charge in [-0.1, -0.05) is 52.4 Å². The first kappa shape index (κ1) is 15.4. The lowest BCUT2D eigenvalue weighted by atomic mass is 10.1. The molecule has 0 aromatic heterocycles. The quantitative estimate of drug-likeness (QED) is 0.551. The number of hydrogen-bond donors (Lipinski definition) is 1. The summed E-state index contributed by atoms with van der Waals surface area (Å²) in [5.74, 6) is -0.818. The normalized spacial score (nSPS) is 12.6. The number of aliphatic carboxylic acids is 1. The van der Waals surface area contributed by atoms with E-state index in [1.807, 2.05) is 6.92 Å². The van der Waals surface area contributed by atoms with E-state index in [0.29, 0.717) is 13.0 Å². The van der Waals surface area contributed by atoms with Gasteiger partial charge in [-0.2, -0.15) is 0 Å². The fraction of sp³-hybridized carbons (Fsp3) is 0.923. The first-order chi connectivity index (χ1) is 7.72. The second-order valence-corrected chi connectivity index (χ2v) is 4.25. The van der Waals surface area contributed by atoms with E-state index in [4.69, 9.17) is 9.84 Å². The molecule has 0 aliphatic carbocycles. The summed E-state index contributed by atoms with van der Waals surface area (Å²) in [6.07, 6.45) is 8.04. The molecule has 16 heavy (non-hydrogen) atoms. The number of unbranched alkanes of at least 4 members (excludes halogenated alkanes) is 5. The van der Waals surface area contributed by atoms with E-state index >= 15 is 0 Å². The van der Waals surface area contributed by atoms with Crippen molar-refractivity contribution in [2.45, 2.75) is 71.3 Å². The predicted octanol–water partition coefficient (Wildman–Crippen LogP) is 3.62. The average molecular weight is 230 g/mol. The van der Waals surface area contributed by atoms with E-state index in [1.165, 1.54) is 25.7 Å². The molecule has 0 rings (SSSR count). The fourth-order valence-corrected chi connectivity index (χ4v) is 1.65. The van der Waals surface area contributed by atoms with Gasteiger partial charge >= 0.3 is 5.97 Å². The summed E-state index contributed by atoms with van der Waals surface area (Å²) in [7, 11) is 0. The summed E-state index contributed by atoms with van der Waals surface area (Å²) >= 11 is 0. The molecule has 0 saturated heterocycles. The van der Waals surface area contributed by atoms with Gasteiger partial charge in [0.1, 0.15) is 0 Å². The maximum absolute atomic E-state index is 10.8. The van der Waals surface area contributed by atoms with Gasteiger partial charge in [0.05, 0.1) is 0 Å².